The summed E-state index contributed by atoms with van der Waals surface area (Å²) in [6.45, 7) is 1.02. The second-order valence-corrected chi connectivity index (χ2v) is 4.09. The van der Waals surface area contributed by atoms with E-state index in [1.54, 1.807) is 0 Å². The lowest BCUT2D eigenvalue weighted by molar-refractivity contribution is -0.117. The van der Waals surface area contributed by atoms with Gasteiger partial charge in [0.25, 0.3) is 5.91 Å². The summed E-state index contributed by atoms with van der Waals surface area (Å²) in [5.41, 5.74) is 5.57. The van der Waals surface area contributed by atoms with Crippen molar-refractivity contribution >= 4 is 17.8 Å². The molecule has 0 aliphatic carbocycles. The summed E-state index contributed by atoms with van der Waals surface area (Å²) >= 11 is 0. The van der Waals surface area contributed by atoms with Crippen molar-refractivity contribution in [3.63, 3.8) is 0 Å². The van der Waals surface area contributed by atoms with E-state index in [9.17, 15) is 4.79 Å². The molecule has 1 amide bonds. The third-order valence-corrected chi connectivity index (χ3v) is 3.09. The molecule has 2 heterocycles. The Hall–Kier alpha value is -2.34. The Morgan fingerprint density at radius 1 is 1.44 bits per heavy atom. The van der Waals surface area contributed by atoms with E-state index < -0.39 is 0 Å². The largest absolute Gasteiger partial charge is 0.361 e. The first-order chi connectivity index (χ1) is 8.81. The van der Waals surface area contributed by atoms with Crippen LogP contribution in [0.3, 0.4) is 0 Å². The molecule has 1 aromatic carbocycles. The fourth-order valence-corrected chi connectivity index (χ4v) is 2.24. The molecule has 2 aliphatic heterocycles. The lowest BCUT2D eigenvalue weighted by Crippen LogP contribution is -2.35. The Bertz CT molecular complexity index is 563. The molecule has 2 aliphatic rings. The minimum absolute atomic E-state index is 0.318. The Labute approximate surface area is 104 Å². The SMILES string of the molecule is NNC(=O)C1=C2CN=Cc3ccccc3N2CN1. The molecule has 0 saturated carbocycles. The number of hydrazine groups is 1. The standard InChI is InChI=1S/C12H13N5O/c13-16-12(18)11-10-6-14-5-8-3-1-2-4-9(8)17(10)7-15-11/h1-5,15H,6-7,13H2,(H,16,18). The topological polar surface area (TPSA) is 82.7 Å². The van der Waals surface area contributed by atoms with Crippen molar-refractivity contribution in [3.05, 3.63) is 41.2 Å². The van der Waals surface area contributed by atoms with Crippen molar-refractivity contribution in [2.45, 2.75) is 0 Å². The van der Waals surface area contributed by atoms with Gasteiger partial charge < -0.3 is 10.2 Å². The van der Waals surface area contributed by atoms with E-state index in [0.29, 0.717) is 18.9 Å². The Kier molecular flexibility index (Phi) is 2.49. The van der Waals surface area contributed by atoms with Crippen LogP contribution in [0.5, 0.6) is 0 Å². The number of nitrogens with zero attached hydrogens (tertiary/aromatic N) is 2. The van der Waals surface area contributed by atoms with Crippen molar-refractivity contribution in [3.8, 4) is 0 Å². The van der Waals surface area contributed by atoms with E-state index >= 15 is 0 Å². The number of anilines is 1. The van der Waals surface area contributed by atoms with Gasteiger partial charge in [-0.3, -0.25) is 15.2 Å². The number of para-hydroxylation sites is 1. The highest BCUT2D eigenvalue weighted by Crippen LogP contribution is 2.28. The molecule has 0 fully saturated rings. The van der Waals surface area contributed by atoms with Crippen LogP contribution in [0.25, 0.3) is 0 Å². The predicted molar refractivity (Wildman–Crippen MR) is 68.7 cm³/mol. The number of benzene rings is 1. The number of carbonyl (C=O) groups is 1. The van der Waals surface area contributed by atoms with Gasteiger partial charge in [0.2, 0.25) is 0 Å². The highest BCUT2D eigenvalue weighted by molar-refractivity contribution is 5.97. The molecule has 0 spiro atoms. The van der Waals surface area contributed by atoms with Gasteiger partial charge in [-0.25, -0.2) is 5.84 Å². The number of rotatable bonds is 1. The number of aliphatic imine (C=N–C) groups is 1. The van der Waals surface area contributed by atoms with Gasteiger partial charge in [-0.15, -0.1) is 0 Å². The normalized spacial score (nSPS) is 16.8. The maximum Gasteiger partial charge on any atom is 0.283 e. The molecule has 92 valence electrons. The molecule has 0 atom stereocenters. The first-order valence-electron chi connectivity index (χ1n) is 5.65. The Morgan fingerprint density at radius 3 is 3.11 bits per heavy atom. The van der Waals surface area contributed by atoms with E-state index in [1.165, 1.54) is 0 Å². The second kappa shape index (κ2) is 4.15. The van der Waals surface area contributed by atoms with Crippen LogP contribution in [0.1, 0.15) is 5.56 Å². The van der Waals surface area contributed by atoms with Gasteiger partial charge in [-0.1, -0.05) is 18.2 Å². The molecule has 18 heavy (non-hydrogen) atoms. The lowest BCUT2D eigenvalue weighted by Gasteiger charge is -2.20. The maximum atomic E-state index is 11.7. The molecule has 0 radical (unpaired) electrons. The number of nitrogens with one attached hydrogen (secondary N) is 2. The summed E-state index contributed by atoms with van der Waals surface area (Å²) in [5, 5.41) is 3.06. The van der Waals surface area contributed by atoms with Crippen molar-refractivity contribution in [1.82, 2.24) is 10.7 Å². The van der Waals surface area contributed by atoms with Gasteiger partial charge in [0.1, 0.15) is 5.70 Å². The number of hydrogen-bond acceptors (Lipinski definition) is 5. The molecule has 3 rings (SSSR count). The minimum atomic E-state index is -0.318. The summed E-state index contributed by atoms with van der Waals surface area (Å²) in [7, 11) is 0. The minimum Gasteiger partial charge on any atom is -0.361 e. The van der Waals surface area contributed by atoms with Crippen molar-refractivity contribution in [2.75, 3.05) is 18.1 Å². The van der Waals surface area contributed by atoms with Gasteiger partial charge in [-0.2, -0.15) is 0 Å². The molecular formula is C12H13N5O. The van der Waals surface area contributed by atoms with Crippen LogP contribution < -0.4 is 21.5 Å². The maximum absolute atomic E-state index is 11.7. The second-order valence-electron chi connectivity index (χ2n) is 4.09. The van der Waals surface area contributed by atoms with E-state index in [4.69, 9.17) is 5.84 Å². The van der Waals surface area contributed by atoms with Crippen molar-refractivity contribution in [2.24, 2.45) is 10.8 Å². The summed E-state index contributed by atoms with van der Waals surface area (Å²) in [5.74, 6) is 4.86. The van der Waals surface area contributed by atoms with E-state index in [1.807, 2.05) is 35.4 Å². The molecule has 1 aromatic rings. The van der Waals surface area contributed by atoms with E-state index in [0.717, 1.165) is 16.9 Å². The molecular weight excluding hydrogens is 230 g/mol. The zero-order valence-electron chi connectivity index (χ0n) is 9.68. The molecule has 6 nitrogen and oxygen atoms in total. The molecule has 4 N–H and O–H groups in total. The van der Waals surface area contributed by atoms with Crippen LogP contribution in [0, 0.1) is 0 Å². The van der Waals surface area contributed by atoms with Crippen LogP contribution in [0.15, 0.2) is 40.7 Å². The van der Waals surface area contributed by atoms with Crippen LogP contribution in [0.4, 0.5) is 5.69 Å². The number of amides is 1. The molecule has 0 bridgehead atoms. The quantitative estimate of drug-likeness (QED) is 0.359. The fraction of sp³-hybridized carbons (Fsp3) is 0.167. The highest BCUT2D eigenvalue weighted by atomic mass is 16.2. The Morgan fingerprint density at radius 2 is 2.28 bits per heavy atom. The number of nitrogens with two attached hydrogens (primary N) is 1. The number of fused-ring (bicyclic) bond motifs is 3. The number of hydrogen-bond donors (Lipinski definition) is 3. The molecule has 0 unspecified atom stereocenters. The van der Waals surface area contributed by atoms with Crippen LogP contribution in [-0.2, 0) is 4.79 Å². The lowest BCUT2D eigenvalue weighted by atomic mass is 10.2. The zero-order valence-corrected chi connectivity index (χ0v) is 9.68. The van der Waals surface area contributed by atoms with E-state index in [2.05, 4.69) is 15.7 Å². The Balaban J connectivity index is 2.10. The summed E-state index contributed by atoms with van der Waals surface area (Å²) in [4.78, 5) is 18.0. The van der Waals surface area contributed by atoms with Crippen LogP contribution >= 0.6 is 0 Å². The van der Waals surface area contributed by atoms with Gasteiger partial charge in [0.15, 0.2) is 0 Å². The van der Waals surface area contributed by atoms with Gasteiger partial charge in [0, 0.05) is 11.8 Å². The first kappa shape index (κ1) is 10.8. The zero-order chi connectivity index (χ0) is 12.5. The first-order valence-corrected chi connectivity index (χ1v) is 5.65. The fourth-order valence-electron chi connectivity index (χ4n) is 2.24. The average molecular weight is 243 g/mol. The monoisotopic (exact) mass is 243 g/mol. The smallest absolute Gasteiger partial charge is 0.283 e. The summed E-state index contributed by atoms with van der Waals surface area (Å²) in [6.07, 6.45) is 1.83. The molecule has 0 saturated heterocycles. The van der Waals surface area contributed by atoms with E-state index in [-0.39, 0.29) is 5.91 Å². The van der Waals surface area contributed by atoms with Crippen molar-refractivity contribution in [1.29, 1.82) is 0 Å². The predicted octanol–water partition coefficient (Wildman–Crippen LogP) is -0.312. The highest BCUT2D eigenvalue weighted by Gasteiger charge is 2.29. The third kappa shape index (κ3) is 1.54. The van der Waals surface area contributed by atoms with Crippen LogP contribution in [-0.4, -0.2) is 25.3 Å². The van der Waals surface area contributed by atoms with Gasteiger partial charge in [-0.05, 0) is 6.07 Å². The number of carbonyl (C=O) groups excluding carboxylic acids is 1. The molecule has 0 aromatic heterocycles. The van der Waals surface area contributed by atoms with Crippen LogP contribution in [0.2, 0.25) is 0 Å². The molecule has 6 heteroatoms. The summed E-state index contributed by atoms with van der Waals surface area (Å²) < 4.78 is 0. The van der Waals surface area contributed by atoms with Crippen molar-refractivity contribution < 1.29 is 4.79 Å². The van der Waals surface area contributed by atoms with Gasteiger partial charge >= 0.3 is 0 Å². The third-order valence-electron chi connectivity index (χ3n) is 3.09. The van der Waals surface area contributed by atoms with Gasteiger partial charge in [0.05, 0.1) is 24.6 Å². The summed E-state index contributed by atoms with van der Waals surface area (Å²) in [6, 6.07) is 7.95. The average Bonchev–Trinajstić information content (AvgIpc) is 2.74.